The van der Waals surface area contributed by atoms with Crippen LogP contribution in [0.3, 0.4) is 0 Å². The van der Waals surface area contributed by atoms with Gasteiger partial charge >= 0.3 is 0 Å². The van der Waals surface area contributed by atoms with E-state index in [1.807, 2.05) is 30.4 Å². The summed E-state index contributed by atoms with van der Waals surface area (Å²) in [5.41, 5.74) is -0.288. The monoisotopic (exact) mass is 339 g/mol. The van der Waals surface area contributed by atoms with Gasteiger partial charge in [0.05, 0.1) is 23.5 Å². The van der Waals surface area contributed by atoms with Gasteiger partial charge in [0, 0.05) is 13.1 Å². The van der Waals surface area contributed by atoms with Gasteiger partial charge in [0.15, 0.2) is 0 Å². The molecule has 0 bridgehead atoms. The van der Waals surface area contributed by atoms with Crippen LogP contribution in [0.4, 0.5) is 0 Å². The molecule has 1 aliphatic carbocycles. The number of hydrogen-bond donors (Lipinski definition) is 0. The van der Waals surface area contributed by atoms with Crippen LogP contribution in [0.5, 0.6) is 0 Å². The van der Waals surface area contributed by atoms with Crippen molar-refractivity contribution in [3.63, 3.8) is 0 Å². The standard InChI is InChI=1S/C15H25N5O2S/c1-11-8-19(10-15(2,3)22-11)13(21)9-23-14-16-17-18-20(14)12-6-4-5-7-12/h11-12H,4-10H2,1-3H3. The minimum atomic E-state index is -0.288. The summed E-state index contributed by atoms with van der Waals surface area (Å²) >= 11 is 1.44. The van der Waals surface area contributed by atoms with E-state index in [9.17, 15) is 4.79 Å². The highest BCUT2D eigenvalue weighted by atomic mass is 32.2. The van der Waals surface area contributed by atoms with E-state index in [0.29, 0.717) is 24.9 Å². The number of rotatable bonds is 4. The third-order valence-corrected chi connectivity index (χ3v) is 5.30. The lowest BCUT2D eigenvalue weighted by Crippen LogP contribution is -2.54. The average molecular weight is 339 g/mol. The van der Waals surface area contributed by atoms with Crippen LogP contribution in [0.1, 0.15) is 52.5 Å². The Bertz CT molecular complexity index is 556. The summed E-state index contributed by atoms with van der Waals surface area (Å²) in [5.74, 6) is 0.495. The summed E-state index contributed by atoms with van der Waals surface area (Å²) in [6.45, 7) is 7.34. The van der Waals surface area contributed by atoms with Crippen molar-refractivity contribution in [2.45, 2.75) is 69.4 Å². The number of nitrogens with zero attached hydrogens (tertiary/aromatic N) is 5. The predicted molar refractivity (Wildman–Crippen MR) is 87.3 cm³/mol. The van der Waals surface area contributed by atoms with Crippen molar-refractivity contribution in [2.75, 3.05) is 18.8 Å². The van der Waals surface area contributed by atoms with E-state index in [2.05, 4.69) is 15.5 Å². The molecule has 1 saturated carbocycles. The molecule has 1 saturated heterocycles. The molecule has 3 rings (SSSR count). The van der Waals surface area contributed by atoms with E-state index in [-0.39, 0.29) is 17.6 Å². The molecule has 2 fully saturated rings. The zero-order chi connectivity index (χ0) is 16.4. The number of carbonyl (C=O) groups is 1. The minimum Gasteiger partial charge on any atom is -0.369 e. The molecule has 2 aliphatic rings. The molecule has 1 unspecified atom stereocenters. The van der Waals surface area contributed by atoms with E-state index in [1.54, 1.807) is 0 Å². The molecule has 1 atom stereocenters. The third-order valence-electron chi connectivity index (χ3n) is 4.38. The van der Waals surface area contributed by atoms with Gasteiger partial charge < -0.3 is 9.64 Å². The number of carbonyl (C=O) groups excluding carboxylic acids is 1. The maximum Gasteiger partial charge on any atom is 0.233 e. The summed E-state index contributed by atoms with van der Waals surface area (Å²) in [7, 11) is 0. The number of morpholine rings is 1. The molecule has 1 aromatic heterocycles. The van der Waals surface area contributed by atoms with Crippen molar-refractivity contribution < 1.29 is 9.53 Å². The van der Waals surface area contributed by atoms with Crippen LogP contribution >= 0.6 is 11.8 Å². The van der Waals surface area contributed by atoms with Gasteiger partial charge in [-0.2, -0.15) is 0 Å². The first-order valence-corrected chi connectivity index (χ1v) is 9.29. The van der Waals surface area contributed by atoms with Crippen LogP contribution in [0.2, 0.25) is 0 Å². The van der Waals surface area contributed by atoms with Crippen LogP contribution in [0.25, 0.3) is 0 Å². The second-order valence-corrected chi connectivity index (χ2v) is 8.04. The average Bonchev–Trinajstić information content (AvgIpc) is 3.13. The fourth-order valence-electron chi connectivity index (χ4n) is 3.52. The van der Waals surface area contributed by atoms with Gasteiger partial charge in [0.2, 0.25) is 11.1 Å². The Balaban J connectivity index is 1.58. The molecule has 0 aromatic carbocycles. The summed E-state index contributed by atoms with van der Waals surface area (Å²) in [4.78, 5) is 14.4. The summed E-state index contributed by atoms with van der Waals surface area (Å²) < 4.78 is 7.75. The van der Waals surface area contributed by atoms with Gasteiger partial charge in [-0.15, -0.1) is 5.10 Å². The highest BCUT2D eigenvalue weighted by molar-refractivity contribution is 7.99. The zero-order valence-electron chi connectivity index (χ0n) is 14.1. The SMILES string of the molecule is CC1CN(C(=O)CSc2nnnn2C2CCCC2)CC(C)(C)O1. The Morgan fingerprint density at radius 1 is 1.39 bits per heavy atom. The third kappa shape index (κ3) is 4.03. The van der Waals surface area contributed by atoms with Crippen molar-refractivity contribution in [2.24, 2.45) is 0 Å². The van der Waals surface area contributed by atoms with Gasteiger partial charge in [-0.3, -0.25) is 4.79 Å². The Kier molecular flexibility index (Phi) is 4.91. The van der Waals surface area contributed by atoms with Crippen LogP contribution < -0.4 is 0 Å². The highest BCUT2D eigenvalue weighted by Crippen LogP contribution is 2.31. The normalized spacial score (nSPS) is 25.0. The van der Waals surface area contributed by atoms with Crippen molar-refractivity contribution in [3.05, 3.63) is 0 Å². The Hall–Kier alpha value is -1.15. The molecule has 0 spiro atoms. The maximum absolute atomic E-state index is 12.5. The second kappa shape index (κ2) is 6.76. The molecule has 0 N–H and O–H groups in total. The van der Waals surface area contributed by atoms with Crippen LogP contribution in [-0.2, 0) is 9.53 Å². The van der Waals surface area contributed by atoms with Crippen molar-refractivity contribution in [1.82, 2.24) is 25.1 Å². The zero-order valence-corrected chi connectivity index (χ0v) is 14.9. The van der Waals surface area contributed by atoms with Crippen molar-refractivity contribution in [3.8, 4) is 0 Å². The first kappa shape index (κ1) is 16.7. The van der Waals surface area contributed by atoms with E-state index in [4.69, 9.17) is 4.74 Å². The lowest BCUT2D eigenvalue weighted by atomic mass is 10.1. The molecule has 1 aliphatic heterocycles. The molecular weight excluding hydrogens is 314 g/mol. The van der Waals surface area contributed by atoms with Crippen LogP contribution in [0, 0.1) is 0 Å². The van der Waals surface area contributed by atoms with E-state index >= 15 is 0 Å². The van der Waals surface area contributed by atoms with Gasteiger partial charge in [-0.25, -0.2) is 4.68 Å². The second-order valence-electron chi connectivity index (χ2n) is 7.10. The molecule has 1 aromatic rings. The van der Waals surface area contributed by atoms with E-state index in [1.165, 1.54) is 24.6 Å². The fraction of sp³-hybridized carbons (Fsp3) is 0.867. The molecule has 128 valence electrons. The lowest BCUT2D eigenvalue weighted by Gasteiger charge is -2.41. The van der Waals surface area contributed by atoms with Gasteiger partial charge in [-0.05, 0) is 44.0 Å². The maximum atomic E-state index is 12.5. The molecule has 0 radical (unpaired) electrons. The highest BCUT2D eigenvalue weighted by Gasteiger charge is 2.33. The molecule has 23 heavy (non-hydrogen) atoms. The number of ether oxygens (including phenoxy) is 1. The van der Waals surface area contributed by atoms with Crippen molar-refractivity contribution in [1.29, 1.82) is 0 Å². The van der Waals surface area contributed by atoms with Gasteiger partial charge in [-0.1, -0.05) is 24.6 Å². The number of hydrogen-bond acceptors (Lipinski definition) is 6. The Morgan fingerprint density at radius 3 is 2.83 bits per heavy atom. The van der Waals surface area contributed by atoms with Gasteiger partial charge in [0.25, 0.3) is 0 Å². The van der Waals surface area contributed by atoms with Crippen molar-refractivity contribution >= 4 is 17.7 Å². The summed E-state index contributed by atoms with van der Waals surface area (Å²) in [6, 6.07) is 0.393. The fourth-order valence-corrected chi connectivity index (χ4v) is 4.37. The Morgan fingerprint density at radius 2 is 2.13 bits per heavy atom. The number of aromatic nitrogens is 4. The predicted octanol–water partition coefficient (Wildman–Crippen LogP) is 1.91. The quantitative estimate of drug-likeness (QED) is 0.780. The molecule has 1 amide bonds. The molecule has 7 nitrogen and oxygen atoms in total. The van der Waals surface area contributed by atoms with Crippen LogP contribution in [-0.4, -0.2) is 61.6 Å². The summed E-state index contributed by atoms with van der Waals surface area (Å²) in [5, 5.41) is 12.7. The number of thioether (sulfide) groups is 1. The molecular formula is C15H25N5O2S. The first-order valence-electron chi connectivity index (χ1n) is 8.31. The molecule has 8 heteroatoms. The smallest absolute Gasteiger partial charge is 0.233 e. The largest absolute Gasteiger partial charge is 0.369 e. The molecule has 2 heterocycles. The topological polar surface area (TPSA) is 73.1 Å². The van der Waals surface area contributed by atoms with E-state index < -0.39 is 0 Å². The number of amides is 1. The van der Waals surface area contributed by atoms with E-state index in [0.717, 1.165) is 18.0 Å². The van der Waals surface area contributed by atoms with Crippen LogP contribution in [0.15, 0.2) is 5.16 Å². The number of tetrazole rings is 1. The lowest BCUT2D eigenvalue weighted by molar-refractivity contribution is -0.155. The summed E-state index contributed by atoms with van der Waals surface area (Å²) in [6.07, 6.45) is 4.78. The first-order chi connectivity index (χ1) is 10.9. The van der Waals surface area contributed by atoms with Gasteiger partial charge in [0.1, 0.15) is 0 Å². The Labute approximate surface area is 141 Å². The minimum absolute atomic E-state index is 0.0662.